The SMILES string of the molecule is N#C[C@](CC(=O)c1ccccc1)(c1ccccc1)[C@@H](O)c1ccccc1. The monoisotopic (exact) mass is 341 g/mol. The molecule has 1 N–H and O–H groups in total. The average Bonchev–Trinajstić information content (AvgIpc) is 2.73. The minimum atomic E-state index is -1.37. The van der Waals surface area contributed by atoms with Crippen LogP contribution in [0.4, 0.5) is 0 Å². The number of Topliss-reactive ketones (excluding diaryl/α,β-unsaturated/α-hetero) is 1. The van der Waals surface area contributed by atoms with Crippen LogP contribution in [0, 0.1) is 11.3 Å². The number of carbonyl (C=O) groups excluding carboxylic acids is 1. The van der Waals surface area contributed by atoms with E-state index in [1.807, 2.05) is 42.5 Å². The zero-order valence-electron chi connectivity index (χ0n) is 14.2. The quantitative estimate of drug-likeness (QED) is 0.674. The van der Waals surface area contributed by atoms with Crippen molar-refractivity contribution in [3.63, 3.8) is 0 Å². The molecule has 3 nitrogen and oxygen atoms in total. The maximum atomic E-state index is 12.9. The third-order valence-electron chi connectivity index (χ3n) is 4.61. The number of aliphatic hydroxyl groups is 1. The number of hydrogen-bond donors (Lipinski definition) is 1. The highest BCUT2D eigenvalue weighted by Crippen LogP contribution is 2.40. The van der Waals surface area contributed by atoms with Crippen LogP contribution in [-0.4, -0.2) is 10.9 Å². The van der Waals surface area contributed by atoms with Crippen molar-refractivity contribution in [2.75, 3.05) is 0 Å². The Kier molecular flexibility index (Phi) is 5.26. The van der Waals surface area contributed by atoms with Gasteiger partial charge in [0, 0.05) is 12.0 Å². The third kappa shape index (κ3) is 3.42. The topological polar surface area (TPSA) is 61.1 Å². The van der Waals surface area contributed by atoms with Gasteiger partial charge in [-0.3, -0.25) is 4.79 Å². The molecule has 0 amide bonds. The summed E-state index contributed by atoms with van der Waals surface area (Å²) in [5.74, 6) is -0.175. The Labute approximate surface area is 153 Å². The Bertz CT molecular complexity index is 901. The van der Waals surface area contributed by atoms with Gasteiger partial charge in [-0.1, -0.05) is 91.0 Å². The van der Waals surface area contributed by atoms with Gasteiger partial charge in [-0.2, -0.15) is 5.26 Å². The maximum Gasteiger partial charge on any atom is 0.164 e. The number of ketones is 1. The van der Waals surface area contributed by atoms with Crippen LogP contribution in [0.2, 0.25) is 0 Å². The number of benzene rings is 3. The highest BCUT2D eigenvalue weighted by atomic mass is 16.3. The molecular formula is C23H19NO2. The van der Waals surface area contributed by atoms with E-state index in [9.17, 15) is 15.2 Å². The fourth-order valence-corrected chi connectivity index (χ4v) is 3.16. The summed E-state index contributed by atoms with van der Waals surface area (Å²) < 4.78 is 0. The lowest BCUT2D eigenvalue weighted by atomic mass is 9.70. The second-order valence-electron chi connectivity index (χ2n) is 6.23. The molecule has 0 aliphatic carbocycles. The lowest BCUT2D eigenvalue weighted by Gasteiger charge is -2.32. The minimum absolute atomic E-state index is 0.104. The summed E-state index contributed by atoms with van der Waals surface area (Å²) in [4.78, 5) is 12.9. The van der Waals surface area contributed by atoms with E-state index in [2.05, 4.69) is 6.07 Å². The van der Waals surface area contributed by atoms with Gasteiger partial charge in [-0.05, 0) is 11.1 Å². The fourth-order valence-electron chi connectivity index (χ4n) is 3.16. The van der Waals surface area contributed by atoms with Crippen molar-refractivity contribution >= 4 is 5.78 Å². The zero-order chi connectivity index (χ0) is 18.4. The highest BCUT2D eigenvalue weighted by Gasteiger charge is 2.43. The van der Waals surface area contributed by atoms with Gasteiger partial charge in [0.25, 0.3) is 0 Å². The van der Waals surface area contributed by atoms with Crippen LogP contribution in [0.3, 0.4) is 0 Å². The van der Waals surface area contributed by atoms with Crippen molar-refractivity contribution in [3.05, 3.63) is 108 Å². The first-order valence-electron chi connectivity index (χ1n) is 8.45. The van der Waals surface area contributed by atoms with Gasteiger partial charge in [0.1, 0.15) is 11.5 Å². The molecule has 0 bridgehead atoms. The number of rotatable bonds is 6. The van der Waals surface area contributed by atoms with E-state index in [1.165, 1.54) is 0 Å². The molecule has 2 atom stereocenters. The highest BCUT2D eigenvalue weighted by molar-refractivity contribution is 5.97. The smallest absolute Gasteiger partial charge is 0.164 e. The Morgan fingerprint density at radius 3 is 1.92 bits per heavy atom. The van der Waals surface area contributed by atoms with E-state index in [-0.39, 0.29) is 12.2 Å². The molecule has 0 saturated heterocycles. The van der Waals surface area contributed by atoms with Crippen LogP contribution >= 0.6 is 0 Å². The summed E-state index contributed by atoms with van der Waals surface area (Å²) in [7, 11) is 0. The van der Waals surface area contributed by atoms with Crippen molar-refractivity contribution in [3.8, 4) is 6.07 Å². The van der Waals surface area contributed by atoms with Crippen LogP contribution in [-0.2, 0) is 5.41 Å². The summed E-state index contributed by atoms with van der Waals surface area (Å²) in [5, 5.41) is 21.2. The maximum absolute atomic E-state index is 12.9. The third-order valence-corrected chi connectivity index (χ3v) is 4.61. The van der Waals surface area contributed by atoms with Crippen molar-refractivity contribution < 1.29 is 9.90 Å². The van der Waals surface area contributed by atoms with E-state index < -0.39 is 11.5 Å². The van der Waals surface area contributed by atoms with Crippen molar-refractivity contribution in [1.82, 2.24) is 0 Å². The molecule has 0 unspecified atom stereocenters. The van der Waals surface area contributed by atoms with E-state index in [1.54, 1.807) is 48.5 Å². The second kappa shape index (κ2) is 7.77. The minimum Gasteiger partial charge on any atom is -0.386 e. The van der Waals surface area contributed by atoms with Crippen LogP contribution in [0.5, 0.6) is 0 Å². The summed E-state index contributed by atoms with van der Waals surface area (Å²) in [6.45, 7) is 0. The van der Waals surface area contributed by atoms with Crippen molar-refractivity contribution in [2.45, 2.75) is 17.9 Å². The predicted molar refractivity (Wildman–Crippen MR) is 101 cm³/mol. The van der Waals surface area contributed by atoms with Gasteiger partial charge in [0.2, 0.25) is 0 Å². The van der Waals surface area contributed by atoms with E-state index in [0.29, 0.717) is 16.7 Å². The van der Waals surface area contributed by atoms with Gasteiger partial charge in [0.05, 0.1) is 6.07 Å². The first-order valence-corrected chi connectivity index (χ1v) is 8.45. The van der Waals surface area contributed by atoms with Crippen molar-refractivity contribution in [1.29, 1.82) is 5.26 Å². The summed E-state index contributed by atoms with van der Waals surface area (Å²) in [6, 6.07) is 29.2. The van der Waals surface area contributed by atoms with E-state index >= 15 is 0 Å². The molecule has 128 valence electrons. The lowest BCUT2D eigenvalue weighted by Crippen LogP contribution is -2.35. The molecule has 3 rings (SSSR count). The molecule has 3 heteroatoms. The molecule has 0 aliphatic heterocycles. The summed E-state index contributed by atoms with van der Waals surface area (Å²) >= 11 is 0. The molecule has 3 aromatic carbocycles. The first kappa shape index (κ1) is 17.6. The second-order valence-corrected chi connectivity index (χ2v) is 6.23. The largest absolute Gasteiger partial charge is 0.386 e. The Balaban J connectivity index is 2.07. The van der Waals surface area contributed by atoms with Gasteiger partial charge < -0.3 is 5.11 Å². The molecule has 0 aliphatic rings. The fraction of sp³-hybridized carbons (Fsp3) is 0.130. The van der Waals surface area contributed by atoms with Crippen LogP contribution in [0.25, 0.3) is 0 Å². The molecule has 0 fully saturated rings. The molecule has 26 heavy (non-hydrogen) atoms. The average molecular weight is 341 g/mol. The Morgan fingerprint density at radius 1 is 0.885 bits per heavy atom. The zero-order valence-corrected chi connectivity index (χ0v) is 14.2. The number of carbonyl (C=O) groups is 1. The van der Waals surface area contributed by atoms with E-state index in [0.717, 1.165) is 0 Å². The van der Waals surface area contributed by atoms with Crippen LogP contribution < -0.4 is 0 Å². The predicted octanol–water partition coefficient (Wildman–Crippen LogP) is 4.45. The number of aliphatic hydroxyl groups excluding tert-OH is 1. The standard InChI is InChI=1S/C23H19NO2/c24-17-23(20-14-8-3-9-15-20,22(26)19-12-6-2-7-13-19)16-21(25)18-10-4-1-5-11-18/h1-15,22,26H,16H2/t22-,23+/m0/s1. The van der Waals surface area contributed by atoms with Gasteiger partial charge >= 0.3 is 0 Å². The lowest BCUT2D eigenvalue weighted by molar-refractivity contribution is 0.0798. The molecule has 0 spiro atoms. The summed E-state index contributed by atoms with van der Waals surface area (Å²) in [5.41, 5.74) is 0.403. The number of nitrogens with zero attached hydrogens (tertiary/aromatic N) is 1. The molecule has 0 heterocycles. The van der Waals surface area contributed by atoms with Crippen LogP contribution in [0.1, 0.15) is 34.0 Å². The number of nitriles is 1. The first-order chi connectivity index (χ1) is 12.7. The Hall–Kier alpha value is -3.22. The number of hydrogen-bond acceptors (Lipinski definition) is 3. The molecule has 0 aromatic heterocycles. The molecule has 3 aromatic rings. The molecule has 0 radical (unpaired) electrons. The van der Waals surface area contributed by atoms with Gasteiger partial charge in [-0.15, -0.1) is 0 Å². The normalized spacial score (nSPS) is 14.0. The van der Waals surface area contributed by atoms with Gasteiger partial charge in [-0.25, -0.2) is 0 Å². The van der Waals surface area contributed by atoms with Crippen LogP contribution in [0.15, 0.2) is 91.0 Å². The molecule has 0 saturated carbocycles. The van der Waals surface area contributed by atoms with E-state index in [4.69, 9.17) is 0 Å². The summed E-state index contributed by atoms with van der Waals surface area (Å²) in [6.07, 6.45) is -1.23. The molecular weight excluding hydrogens is 322 g/mol. The Morgan fingerprint density at radius 2 is 1.38 bits per heavy atom. The van der Waals surface area contributed by atoms with Crippen molar-refractivity contribution in [2.24, 2.45) is 0 Å². The van der Waals surface area contributed by atoms with Gasteiger partial charge in [0.15, 0.2) is 5.78 Å².